The standard InChI is InChI=1S/C10H20O6/c1-2-3-4-16-10(8(14)6-12)9(15)7(13)5-11/h6-11,13-15H,2-5H2,1H3. The Bertz CT molecular complexity index is 186. The number of ether oxygens (including phenoxy) is 1. The summed E-state index contributed by atoms with van der Waals surface area (Å²) in [5, 5.41) is 36.6. The van der Waals surface area contributed by atoms with Crippen molar-refractivity contribution in [2.75, 3.05) is 13.2 Å². The molecule has 16 heavy (non-hydrogen) atoms. The van der Waals surface area contributed by atoms with E-state index in [-0.39, 0.29) is 12.9 Å². The summed E-state index contributed by atoms with van der Waals surface area (Å²) in [4.78, 5) is 10.4. The molecule has 96 valence electrons. The number of rotatable bonds is 9. The highest BCUT2D eigenvalue weighted by atomic mass is 16.5. The molecule has 0 aliphatic heterocycles. The second-order valence-electron chi connectivity index (χ2n) is 3.56. The summed E-state index contributed by atoms with van der Waals surface area (Å²) in [6, 6.07) is 0. The van der Waals surface area contributed by atoms with Crippen LogP contribution < -0.4 is 0 Å². The number of aliphatic hydroxyl groups excluding tert-OH is 4. The van der Waals surface area contributed by atoms with E-state index in [1.54, 1.807) is 0 Å². The van der Waals surface area contributed by atoms with Crippen molar-refractivity contribution >= 4 is 6.29 Å². The van der Waals surface area contributed by atoms with Gasteiger partial charge < -0.3 is 30.0 Å². The molecule has 0 amide bonds. The molecule has 0 bridgehead atoms. The molecule has 0 aliphatic carbocycles. The highest BCUT2D eigenvalue weighted by Gasteiger charge is 2.32. The van der Waals surface area contributed by atoms with Crippen LogP contribution in [0, 0.1) is 0 Å². The number of aldehydes is 1. The number of hydrogen-bond donors (Lipinski definition) is 4. The van der Waals surface area contributed by atoms with Gasteiger partial charge in [0.1, 0.15) is 24.4 Å². The van der Waals surface area contributed by atoms with E-state index in [0.29, 0.717) is 6.42 Å². The maximum absolute atomic E-state index is 10.4. The molecule has 0 saturated heterocycles. The first-order valence-corrected chi connectivity index (χ1v) is 5.30. The third-order valence-corrected chi connectivity index (χ3v) is 2.20. The minimum Gasteiger partial charge on any atom is -0.394 e. The van der Waals surface area contributed by atoms with Gasteiger partial charge in [0.25, 0.3) is 0 Å². The van der Waals surface area contributed by atoms with Gasteiger partial charge in [-0.05, 0) is 6.42 Å². The lowest BCUT2D eigenvalue weighted by Gasteiger charge is -2.27. The van der Waals surface area contributed by atoms with Gasteiger partial charge in [-0.25, -0.2) is 0 Å². The molecule has 0 saturated carbocycles. The minimum atomic E-state index is -1.52. The minimum absolute atomic E-state index is 0.226. The van der Waals surface area contributed by atoms with Crippen LogP contribution >= 0.6 is 0 Å². The van der Waals surface area contributed by atoms with Crippen molar-refractivity contribution in [2.45, 2.75) is 44.2 Å². The van der Waals surface area contributed by atoms with Crippen LogP contribution in [0.25, 0.3) is 0 Å². The summed E-state index contributed by atoms with van der Waals surface area (Å²) in [6.45, 7) is 1.54. The average molecular weight is 236 g/mol. The van der Waals surface area contributed by atoms with E-state index in [1.807, 2.05) is 6.92 Å². The lowest BCUT2D eigenvalue weighted by Crippen LogP contribution is -2.48. The van der Waals surface area contributed by atoms with Crippen molar-refractivity contribution in [1.29, 1.82) is 0 Å². The summed E-state index contributed by atoms with van der Waals surface area (Å²) in [5.41, 5.74) is 0. The van der Waals surface area contributed by atoms with Crippen molar-refractivity contribution in [1.82, 2.24) is 0 Å². The van der Waals surface area contributed by atoms with Gasteiger partial charge in [0.2, 0.25) is 0 Å². The molecule has 0 rings (SSSR count). The van der Waals surface area contributed by atoms with Gasteiger partial charge in [-0.2, -0.15) is 0 Å². The molecule has 0 aromatic heterocycles. The third-order valence-electron chi connectivity index (χ3n) is 2.20. The first-order valence-electron chi connectivity index (χ1n) is 5.30. The van der Waals surface area contributed by atoms with Crippen LogP contribution in [0.5, 0.6) is 0 Å². The van der Waals surface area contributed by atoms with E-state index in [2.05, 4.69) is 0 Å². The molecule has 0 radical (unpaired) electrons. The van der Waals surface area contributed by atoms with E-state index in [1.165, 1.54) is 0 Å². The maximum atomic E-state index is 10.4. The third kappa shape index (κ3) is 5.00. The second kappa shape index (κ2) is 8.60. The summed E-state index contributed by atoms with van der Waals surface area (Å²) in [7, 11) is 0. The van der Waals surface area contributed by atoms with Crippen LogP contribution in [-0.4, -0.2) is 64.3 Å². The molecule has 4 unspecified atom stereocenters. The molecule has 6 heteroatoms. The summed E-state index contributed by atoms with van der Waals surface area (Å²) < 4.78 is 5.12. The number of unbranched alkanes of at least 4 members (excludes halogenated alkanes) is 1. The molecular formula is C10H20O6. The highest BCUT2D eigenvalue weighted by molar-refractivity contribution is 5.56. The number of carbonyl (C=O) groups is 1. The molecule has 0 aliphatic rings. The van der Waals surface area contributed by atoms with Crippen molar-refractivity contribution in [2.24, 2.45) is 0 Å². The zero-order valence-electron chi connectivity index (χ0n) is 9.32. The van der Waals surface area contributed by atoms with Gasteiger partial charge in [0.15, 0.2) is 6.29 Å². The second-order valence-corrected chi connectivity index (χ2v) is 3.56. The summed E-state index contributed by atoms with van der Waals surface area (Å²) in [6.07, 6.45) is -3.88. The van der Waals surface area contributed by atoms with Gasteiger partial charge in [-0.15, -0.1) is 0 Å². The summed E-state index contributed by atoms with van der Waals surface area (Å²) >= 11 is 0. The fourth-order valence-corrected chi connectivity index (χ4v) is 1.17. The largest absolute Gasteiger partial charge is 0.394 e. The molecule has 4 N–H and O–H groups in total. The predicted molar refractivity (Wildman–Crippen MR) is 55.8 cm³/mol. The maximum Gasteiger partial charge on any atom is 0.151 e. The van der Waals surface area contributed by atoms with Crippen LogP contribution in [0.1, 0.15) is 19.8 Å². The molecular weight excluding hydrogens is 216 g/mol. The Morgan fingerprint density at radius 2 is 1.94 bits per heavy atom. The summed E-state index contributed by atoms with van der Waals surface area (Å²) in [5.74, 6) is 0. The fraction of sp³-hybridized carbons (Fsp3) is 0.900. The quantitative estimate of drug-likeness (QED) is 0.285. The molecule has 6 nitrogen and oxygen atoms in total. The van der Waals surface area contributed by atoms with Crippen molar-refractivity contribution in [3.63, 3.8) is 0 Å². The van der Waals surface area contributed by atoms with E-state index in [4.69, 9.17) is 9.84 Å². The SMILES string of the molecule is CCCCOC(C(O)C=O)C(O)C(O)CO. The lowest BCUT2D eigenvalue weighted by atomic mass is 10.0. The van der Waals surface area contributed by atoms with Crippen molar-refractivity contribution in [3.8, 4) is 0 Å². The Balaban J connectivity index is 4.34. The zero-order valence-corrected chi connectivity index (χ0v) is 9.32. The zero-order chi connectivity index (χ0) is 12.6. The highest BCUT2D eigenvalue weighted by Crippen LogP contribution is 2.09. The van der Waals surface area contributed by atoms with Crippen molar-refractivity contribution in [3.05, 3.63) is 0 Å². The Morgan fingerprint density at radius 1 is 1.31 bits per heavy atom. The van der Waals surface area contributed by atoms with Crippen LogP contribution in [0.3, 0.4) is 0 Å². The van der Waals surface area contributed by atoms with E-state index < -0.39 is 31.0 Å². The van der Waals surface area contributed by atoms with Crippen molar-refractivity contribution < 1.29 is 30.0 Å². The van der Waals surface area contributed by atoms with E-state index >= 15 is 0 Å². The monoisotopic (exact) mass is 236 g/mol. The van der Waals surface area contributed by atoms with Crippen LogP contribution in [0.2, 0.25) is 0 Å². The van der Waals surface area contributed by atoms with Gasteiger partial charge in [-0.3, -0.25) is 0 Å². The van der Waals surface area contributed by atoms with Gasteiger partial charge in [-0.1, -0.05) is 13.3 Å². The van der Waals surface area contributed by atoms with Gasteiger partial charge in [0.05, 0.1) is 6.61 Å². The number of carbonyl (C=O) groups excluding carboxylic acids is 1. The molecule has 0 aromatic rings. The van der Waals surface area contributed by atoms with Crippen LogP contribution in [0.15, 0.2) is 0 Å². The van der Waals surface area contributed by atoms with Gasteiger partial charge >= 0.3 is 0 Å². The van der Waals surface area contributed by atoms with E-state index in [0.717, 1.165) is 6.42 Å². The van der Waals surface area contributed by atoms with Crippen LogP contribution in [-0.2, 0) is 9.53 Å². The fourth-order valence-electron chi connectivity index (χ4n) is 1.17. The molecule has 0 heterocycles. The Kier molecular flexibility index (Phi) is 8.32. The van der Waals surface area contributed by atoms with E-state index in [9.17, 15) is 20.1 Å². The number of aliphatic hydroxyl groups is 4. The first kappa shape index (κ1) is 15.5. The normalized spacial score (nSPS) is 18.8. The number of hydrogen-bond acceptors (Lipinski definition) is 6. The Hall–Kier alpha value is -0.530. The van der Waals surface area contributed by atoms with Crippen LogP contribution in [0.4, 0.5) is 0 Å². The molecule has 0 fully saturated rings. The first-order chi connectivity index (χ1) is 7.58. The topological polar surface area (TPSA) is 107 Å². The molecule has 0 aromatic carbocycles. The van der Waals surface area contributed by atoms with Gasteiger partial charge in [0, 0.05) is 6.61 Å². The Labute approximate surface area is 94.5 Å². The smallest absolute Gasteiger partial charge is 0.151 e. The lowest BCUT2D eigenvalue weighted by molar-refractivity contribution is -0.150. The molecule has 4 atom stereocenters. The average Bonchev–Trinajstić information content (AvgIpc) is 2.32. The predicted octanol–water partition coefficient (Wildman–Crippen LogP) is -1.55. The molecule has 0 spiro atoms. The Morgan fingerprint density at radius 3 is 2.38 bits per heavy atom.